The number of thiocarbonyl (C=S) groups is 1. The van der Waals surface area contributed by atoms with Crippen LogP contribution in [0.15, 0.2) is 6.20 Å². The minimum absolute atomic E-state index is 0.0450. The highest BCUT2D eigenvalue weighted by Crippen LogP contribution is 2.12. The third-order valence-corrected chi connectivity index (χ3v) is 3.49. The second-order valence-corrected chi connectivity index (χ2v) is 5.57. The van der Waals surface area contributed by atoms with Crippen molar-refractivity contribution in [3.05, 3.63) is 11.8 Å². The highest BCUT2D eigenvalue weighted by atomic mass is 32.2. The van der Waals surface area contributed by atoms with E-state index in [1.54, 1.807) is 0 Å². The molecule has 0 amide bonds. The summed E-state index contributed by atoms with van der Waals surface area (Å²) in [5.41, 5.74) is 5.79. The van der Waals surface area contributed by atoms with Gasteiger partial charge in [-0.2, -0.15) is 5.10 Å². The molecule has 0 aliphatic carbocycles. The molecule has 0 aliphatic heterocycles. The highest BCUT2D eigenvalue weighted by molar-refractivity contribution is 7.92. The Morgan fingerprint density at radius 2 is 2.41 bits per heavy atom. The number of aromatic amines is 1. The lowest BCUT2D eigenvalue weighted by Gasteiger charge is -2.07. The monoisotopic (exact) mass is 278 g/mol. The predicted octanol–water partition coefficient (Wildman–Crippen LogP) is -0.178. The van der Waals surface area contributed by atoms with Crippen molar-refractivity contribution in [2.75, 3.05) is 24.2 Å². The number of H-pyrrole nitrogens is 1. The molecule has 0 unspecified atom stereocenters. The molecule has 0 aliphatic rings. The molecule has 0 atom stereocenters. The van der Waals surface area contributed by atoms with E-state index < -0.39 is 10.0 Å². The molecule has 7 nitrogen and oxygen atoms in total. The number of rotatable bonds is 7. The first kappa shape index (κ1) is 13.9. The van der Waals surface area contributed by atoms with Crippen molar-refractivity contribution in [2.45, 2.75) is 6.42 Å². The Hall–Kier alpha value is -1.19. The molecule has 0 bridgehead atoms. The fraction of sp³-hybridized carbons (Fsp3) is 0.500. The van der Waals surface area contributed by atoms with Gasteiger partial charge in [0.2, 0.25) is 10.0 Å². The van der Waals surface area contributed by atoms with Crippen LogP contribution >= 0.6 is 12.2 Å². The van der Waals surface area contributed by atoms with Crippen LogP contribution in [0.1, 0.15) is 12.0 Å². The van der Waals surface area contributed by atoms with E-state index >= 15 is 0 Å². The Morgan fingerprint density at radius 3 is 3.00 bits per heavy atom. The van der Waals surface area contributed by atoms with Crippen LogP contribution in [0.25, 0.3) is 0 Å². The summed E-state index contributed by atoms with van der Waals surface area (Å²) >= 11 is 4.76. The maximum atomic E-state index is 11.6. The summed E-state index contributed by atoms with van der Waals surface area (Å²) in [6.07, 6.45) is 1.78. The van der Waals surface area contributed by atoms with Gasteiger partial charge in [-0.1, -0.05) is 12.2 Å². The summed E-state index contributed by atoms with van der Waals surface area (Å²) < 4.78 is 30.4. The van der Waals surface area contributed by atoms with E-state index in [4.69, 9.17) is 22.7 Å². The number of ether oxygens (including phenoxy) is 1. The van der Waals surface area contributed by atoms with Gasteiger partial charge < -0.3 is 10.5 Å². The second kappa shape index (κ2) is 5.94. The fourth-order valence-corrected chi connectivity index (χ4v) is 2.37. The van der Waals surface area contributed by atoms with Gasteiger partial charge in [-0.05, 0) is 6.42 Å². The lowest BCUT2D eigenvalue weighted by atomic mass is 10.3. The minimum Gasteiger partial charge on any atom is -0.389 e. The van der Waals surface area contributed by atoms with Crippen molar-refractivity contribution in [3.8, 4) is 0 Å². The first-order valence-corrected chi connectivity index (χ1v) is 6.85. The molecule has 4 N–H and O–H groups in total. The third kappa shape index (κ3) is 4.29. The molecule has 17 heavy (non-hydrogen) atoms. The van der Waals surface area contributed by atoms with Crippen LogP contribution < -0.4 is 10.5 Å². The Balaban J connectivity index is 2.69. The first-order valence-electron chi connectivity index (χ1n) is 4.79. The van der Waals surface area contributed by atoms with Crippen LogP contribution in [0, 0.1) is 0 Å². The largest absolute Gasteiger partial charge is 0.389 e. The van der Waals surface area contributed by atoms with Crippen LogP contribution in [0.2, 0.25) is 0 Å². The van der Waals surface area contributed by atoms with Gasteiger partial charge in [-0.25, -0.2) is 8.42 Å². The molecule has 0 saturated carbocycles. The number of aromatic nitrogens is 2. The van der Waals surface area contributed by atoms with Crippen molar-refractivity contribution in [2.24, 2.45) is 5.73 Å². The van der Waals surface area contributed by atoms with Crippen LogP contribution in [-0.4, -0.2) is 43.1 Å². The van der Waals surface area contributed by atoms with E-state index in [-0.39, 0.29) is 16.6 Å². The van der Waals surface area contributed by atoms with Crippen LogP contribution in [0.4, 0.5) is 5.82 Å². The lowest BCUT2D eigenvalue weighted by molar-refractivity contribution is 0.199. The van der Waals surface area contributed by atoms with Crippen LogP contribution in [0.3, 0.4) is 0 Å². The molecular formula is C8H14N4O3S2. The van der Waals surface area contributed by atoms with E-state index in [9.17, 15) is 8.42 Å². The van der Waals surface area contributed by atoms with Crippen LogP contribution in [0.5, 0.6) is 0 Å². The Bertz CT molecular complexity index is 483. The zero-order valence-corrected chi connectivity index (χ0v) is 10.9. The SMILES string of the molecule is COCCCS(=O)(=O)Nc1[nH]ncc1C(N)=S. The smallest absolute Gasteiger partial charge is 0.233 e. The molecule has 1 rings (SSSR count). The molecule has 1 aromatic heterocycles. The zero-order chi connectivity index (χ0) is 12.9. The Kier molecular flexibility index (Phi) is 4.85. The normalized spacial score (nSPS) is 11.4. The molecule has 0 spiro atoms. The van der Waals surface area contributed by atoms with Crippen molar-refractivity contribution in [1.29, 1.82) is 0 Å². The molecule has 96 valence electrons. The standard InChI is InChI=1S/C8H14N4O3S2/c1-15-3-2-4-17(13,14)12-8-6(7(9)16)5-10-11-8/h5H,2-4H2,1H3,(H2,9,16)(H2,10,11,12). The van der Waals surface area contributed by atoms with Gasteiger partial charge in [0, 0.05) is 13.7 Å². The number of nitrogens with one attached hydrogen (secondary N) is 2. The summed E-state index contributed by atoms with van der Waals surface area (Å²) in [6.45, 7) is 0.381. The van der Waals surface area contributed by atoms with Gasteiger partial charge in [0.25, 0.3) is 0 Å². The Morgan fingerprint density at radius 1 is 1.71 bits per heavy atom. The quantitative estimate of drug-likeness (QED) is 0.471. The maximum Gasteiger partial charge on any atom is 0.233 e. The van der Waals surface area contributed by atoms with Crippen molar-refractivity contribution in [1.82, 2.24) is 10.2 Å². The average Bonchev–Trinajstić information content (AvgIpc) is 2.65. The van der Waals surface area contributed by atoms with E-state index in [0.717, 1.165) is 0 Å². The van der Waals surface area contributed by atoms with E-state index in [2.05, 4.69) is 14.9 Å². The van der Waals surface area contributed by atoms with E-state index in [1.807, 2.05) is 0 Å². The third-order valence-electron chi connectivity index (χ3n) is 1.92. The van der Waals surface area contributed by atoms with Crippen molar-refractivity contribution >= 4 is 33.0 Å². The zero-order valence-electron chi connectivity index (χ0n) is 9.26. The fourth-order valence-electron chi connectivity index (χ4n) is 1.15. The van der Waals surface area contributed by atoms with E-state index in [1.165, 1.54) is 13.3 Å². The molecule has 0 saturated heterocycles. The molecule has 0 fully saturated rings. The molecule has 0 aromatic carbocycles. The maximum absolute atomic E-state index is 11.6. The summed E-state index contributed by atoms with van der Waals surface area (Å²) in [5, 5.41) is 6.17. The average molecular weight is 278 g/mol. The van der Waals surface area contributed by atoms with Gasteiger partial charge in [-0.3, -0.25) is 9.82 Å². The first-order chi connectivity index (χ1) is 7.96. The molecule has 9 heteroatoms. The Labute approximate surface area is 105 Å². The molecule has 1 aromatic rings. The second-order valence-electron chi connectivity index (χ2n) is 3.29. The molecule has 1 heterocycles. The number of methoxy groups -OCH3 is 1. The minimum atomic E-state index is -3.45. The van der Waals surface area contributed by atoms with Crippen molar-refractivity contribution in [3.63, 3.8) is 0 Å². The molecule has 0 radical (unpaired) electrons. The number of anilines is 1. The summed E-state index contributed by atoms with van der Waals surface area (Å²) in [7, 11) is -1.94. The van der Waals surface area contributed by atoms with Crippen LogP contribution in [-0.2, 0) is 14.8 Å². The number of nitrogens with two attached hydrogens (primary N) is 1. The summed E-state index contributed by atoms with van der Waals surface area (Å²) in [6, 6.07) is 0. The van der Waals surface area contributed by atoms with Gasteiger partial charge in [0.15, 0.2) is 0 Å². The van der Waals surface area contributed by atoms with Gasteiger partial charge in [0.1, 0.15) is 10.8 Å². The summed E-state index contributed by atoms with van der Waals surface area (Å²) in [5.74, 6) is 0.145. The lowest BCUT2D eigenvalue weighted by Crippen LogP contribution is -2.20. The van der Waals surface area contributed by atoms with Gasteiger partial charge in [-0.15, -0.1) is 0 Å². The number of hydrogen-bond donors (Lipinski definition) is 3. The van der Waals surface area contributed by atoms with Crippen molar-refractivity contribution < 1.29 is 13.2 Å². The van der Waals surface area contributed by atoms with Gasteiger partial charge in [0.05, 0.1) is 17.5 Å². The predicted molar refractivity (Wildman–Crippen MR) is 68.4 cm³/mol. The molecular weight excluding hydrogens is 264 g/mol. The van der Waals surface area contributed by atoms with Gasteiger partial charge >= 0.3 is 0 Å². The number of nitrogens with zero attached hydrogens (tertiary/aromatic N) is 1. The highest BCUT2D eigenvalue weighted by Gasteiger charge is 2.15. The number of hydrogen-bond acceptors (Lipinski definition) is 5. The number of sulfonamides is 1. The topological polar surface area (TPSA) is 110 Å². The van der Waals surface area contributed by atoms with E-state index in [0.29, 0.717) is 18.6 Å². The summed E-state index contributed by atoms with van der Waals surface area (Å²) in [4.78, 5) is 0.0772.